The van der Waals surface area contributed by atoms with Crippen LogP contribution in [-0.2, 0) is 9.53 Å². The summed E-state index contributed by atoms with van der Waals surface area (Å²) in [6.45, 7) is 5.23. The van der Waals surface area contributed by atoms with Gasteiger partial charge in [0.1, 0.15) is 12.1 Å². The van der Waals surface area contributed by atoms with Crippen molar-refractivity contribution in [2.45, 2.75) is 31.2 Å². The zero-order valence-corrected chi connectivity index (χ0v) is 15.4. The molecule has 1 aromatic carbocycles. The van der Waals surface area contributed by atoms with Crippen LogP contribution >= 0.6 is 11.8 Å². The molecule has 0 N–H and O–H groups in total. The normalized spacial score (nSPS) is 20.5. The lowest BCUT2D eigenvalue weighted by molar-refractivity contribution is -0.140. The van der Waals surface area contributed by atoms with E-state index in [-0.39, 0.29) is 18.1 Å². The SMILES string of the molecule is COc1ccccc1-n1cnnc1SCC(=O)N1CC(C)OC(C)C1. The highest BCUT2D eigenvalue weighted by Crippen LogP contribution is 2.26. The molecule has 2 unspecified atom stereocenters. The van der Waals surface area contributed by atoms with E-state index in [1.165, 1.54) is 11.8 Å². The lowest BCUT2D eigenvalue weighted by atomic mass is 10.2. The smallest absolute Gasteiger partial charge is 0.233 e. The zero-order valence-electron chi connectivity index (χ0n) is 14.6. The Balaban J connectivity index is 1.69. The molecule has 1 fully saturated rings. The van der Waals surface area contributed by atoms with E-state index in [9.17, 15) is 4.79 Å². The molecule has 1 aromatic heterocycles. The number of hydrogen-bond acceptors (Lipinski definition) is 6. The van der Waals surface area contributed by atoms with Crippen molar-refractivity contribution in [2.75, 3.05) is 26.0 Å². The molecule has 1 amide bonds. The number of aromatic nitrogens is 3. The van der Waals surface area contributed by atoms with Gasteiger partial charge in [0.05, 0.1) is 30.8 Å². The van der Waals surface area contributed by atoms with Gasteiger partial charge in [0.2, 0.25) is 5.91 Å². The Bertz CT molecular complexity index is 726. The lowest BCUT2D eigenvalue weighted by Crippen LogP contribution is -2.48. The fourth-order valence-corrected chi connectivity index (χ4v) is 3.74. The third-order valence-corrected chi connectivity index (χ3v) is 4.89. The molecule has 2 heterocycles. The molecule has 1 aliphatic rings. The Morgan fingerprint density at radius 1 is 1.32 bits per heavy atom. The zero-order chi connectivity index (χ0) is 17.8. The van der Waals surface area contributed by atoms with E-state index >= 15 is 0 Å². The van der Waals surface area contributed by atoms with Crippen molar-refractivity contribution in [3.05, 3.63) is 30.6 Å². The number of hydrogen-bond donors (Lipinski definition) is 0. The second kappa shape index (κ2) is 7.88. The van der Waals surface area contributed by atoms with Crippen LogP contribution in [0.15, 0.2) is 35.7 Å². The van der Waals surface area contributed by atoms with Gasteiger partial charge in [-0.3, -0.25) is 9.36 Å². The van der Waals surface area contributed by atoms with Crippen LogP contribution in [0, 0.1) is 0 Å². The Morgan fingerprint density at radius 2 is 2.04 bits per heavy atom. The van der Waals surface area contributed by atoms with Crippen LogP contribution in [0.3, 0.4) is 0 Å². The summed E-state index contributed by atoms with van der Waals surface area (Å²) in [5, 5.41) is 8.78. The van der Waals surface area contributed by atoms with E-state index in [2.05, 4.69) is 10.2 Å². The van der Waals surface area contributed by atoms with Crippen LogP contribution in [0.4, 0.5) is 0 Å². The number of amides is 1. The van der Waals surface area contributed by atoms with Gasteiger partial charge in [-0.1, -0.05) is 23.9 Å². The first-order valence-electron chi connectivity index (χ1n) is 8.18. The van der Waals surface area contributed by atoms with Crippen molar-refractivity contribution < 1.29 is 14.3 Å². The van der Waals surface area contributed by atoms with Crippen molar-refractivity contribution in [1.82, 2.24) is 19.7 Å². The number of methoxy groups -OCH3 is 1. The molecule has 7 nitrogen and oxygen atoms in total. The largest absolute Gasteiger partial charge is 0.495 e. The van der Waals surface area contributed by atoms with Gasteiger partial charge in [-0.15, -0.1) is 10.2 Å². The van der Waals surface area contributed by atoms with E-state index in [0.717, 1.165) is 11.4 Å². The van der Waals surface area contributed by atoms with E-state index in [4.69, 9.17) is 9.47 Å². The summed E-state index contributed by atoms with van der Waals surface area (Å²) in [4.78, 5) is 14.4. The average Bonchev–Trinajstić information content (AvgIpc) is 3.07. The molecule has 0 radical (unpaired) electrons. The molecule has 0 bridgehead atoms. The fraction of sp³-hybridized carbons (Fsp3) is 0.471. The van der Waals surface area contributed by atoms with Gasteiger partial charge in [-0.25, -0.2) is 0 Å². The average molecular weight is 362 g/mol. The minimum atomic E-state index is 0.0648. The number of nitrogens with zero attached hydrogens (tertiary/aromatic N) is 4. The molecule has 3 rings (SSSR count). The third kappa shape index (κ3) is 4.13. The molecular formula is C17H22N4O3S. The van der Waals surface area contributed by atoms with Gasteiger partial charge in [-0.05, 0) is 26.0 Å². The highest BCUT2D eigenvalue weighted by Gasteiger charge is 2.26. The minimum Gasteiger partial charge on any atom is -0.495 e. The predicted octanol–water partition coefficient (Wildman–Crippen LogP) is 2.00. The summed E-state index contributed by atoms with van der Waals surface area (Å²) in [6.07, 6.45) is 1.76. The molecule has 0 saturated carbocycles. The molecule has 1 aliphatic heterocycles. The van der Waals surface area contributed by atoms with Crippen molar-refractivity contribution in [2.24, 2.45) is 0 Å². The number of carbonyl (C=O) groups excluding carboxylic acids is 1. The van der Waals surface area contributed by atoms with E-state index in [1.54, 1.807) is 13.4 Å². The summed E-state index contributed by atoms with van der Waals surface area (Å²) in [7, 11) is 1.63. The molecule has 134 valence electrons. The highest BCUT2D eigenvalue weighted by molar-refractivity contribution is 7.99. The Hall–Kier alpha value is -2.06. The van der Waals surface area contributed by atoms with E-state index in [0.29, 0.717) is 24.0 Å². The number of rotatable bonds is 5. The van der Waals surface area contributed by atoms with Crippen molar-refractivity contribution in [3.8, 4) is 11.4 Å². The molecule has 0 spiro atoms. The summed E-state index contributed by atoms with van der Waals surface area (Å²) in [6, 6.07) is 7.64. The summed E-state index contributed by atoms with van der Waals surface area (Å²) >= 11 is 1.37. The molecule has 2 aromatic rings. The lowest BCUT2D eigenvalue weighted by Gasteiger charge is -2.35. The first kappa shape index (κ1) is 17.8. The van der Waals surface area contributed by atoms with Crippen LogP contribution in [0.1, 0.15) is 13.8 Å². The van der Waals surface area contributed by atoms with Gasteiger partial charge < -0.3 is 14.4 Å². The molecular weight excluding hydrogens is 340 g/mol. The summed E-state index contributed by atoms with van der Waals surface area (Å²) < 4.78 is 12.9. The number of para-hydroxylation sites is 2. The quantitative estimate of drug-likeness (QED) is 0.758. The Labute approximate surface area is 151 Å². The first-order chi connectivity index (χ1) is 12.1. The van der Waals surface area contributed by atoms with E-state index < -0.39 is 0 Å². The number of carbonyl (C=O) groups is 1. The van der Waals surface area contributed by atoms with Gasteiger partial charge in [0, 0.05) is 13.1 Å². The fourth-order valence-electron chi connectivity index (χ4n) is 2.92. The van der Waals surface area contributed by atoms with Gasteiger partial charge in [0.25, 0.3) is 0 Å². The minimum absolute atomic E-state index is 0.0648. The second-order valence-electron chi connectivity index (χ2n) is 6.00. The number of thioether (sulfide) groups is 1. The molecule has 2 atom stereocenters. The van der Waals surface area contributed by atoms with Crippen molar-refractivity contribution in [1.29, 1.82) is 0 Å². The maximum absolute atomic E-state index is 12.5. The van der Waals surface area contributed by atoms with Gasteiger partial charge in [-0.2, -0.15) is 0 Å². The van der Waals surface area contributed by atoms with Gasteiger partial charge in [0.15, 0.2) is 5.16 Å². The van der Waals surface area contributed by atoms with Crippen LogP contribution in [0.25, 0.3) is 5.69 Å². The predicted molar refractivity (Wildman–Crippen MR) is 95.2 cm³/mol. The number of morpholine rings is 1. The highest BCUT2D eigenvalue weighted by atomic mass is 32.2. The van der Waals surface area contributed by atoms with Crippen LogP contribution < -0.4 is 4.74 Å². The monoisotopic (exact) mass is 362 g/mol. The third-order valence-electron chi connectivity index (χ3n) is 3.96. The molecule has 8 heteroatoms. The number of ether oxygens (including phenoxy) is 2. The summed E-state index contributed by atoms with van der Waals surface area (Å²) in [5.74, 6) is 1.13. The molecule has 1 saturated heterocycles. The number of benzene rings is 1. The Kier molecular flexibility index (Phi) is 5.60. The van der Waals surface area contributed by atoms with Gasteiger partial charge >= 0.3 is 0 Å². The van der Waals surface area contributed by atoms with Crippen molar-refractivity contribution >= 4 is 17.7 Å². The van der Waals surface area contributed by atoms with Crippen molar-refractivity contribution in [3.63, 3.8) is 0 Å². The summed E-state index contributed by atoms with van der Waals surface area (Å²) in [5.41, 5.74) is 0.846. The Morgan fingerprint density at radius 3 is 2.76 bits per heavy atom. The maximum atomic E-state index is 12.5. The topological polar surface area (TPSA) is 69.5 Å². The molecule has 25 heavy (non-hydrogen) atoms. The standard InChI is InChI=1S/C17H22N4O3S/c1-12-8-20(9-13(2)24-12)16(22)10-25-17-19-18-11-21(17)14-6-4-5-7-15(14)23-3/h4-7,11-13H,8-10H2,1-3H3. The first-order valence-corrected chi connectivity index (χ1v) is 9.16. The van der Waals surface area contributed by atoms with Crippen LogP contribution in [0.5, 0.6) is 5.75 Å². The second-order valence-corrected chi connectivity index (χ2v) is 6.94. The maximum Gasteiger partial charge on any atom is 0.233 e. The van der Waals surface area contributed by atoms with E-state index in [1.807, 2.05) is 47.6 Å². The molecule has 0 aliphatic carbocycles. The van der Waals surface area contributed by atoms with Crippen LogP contribution in [0.2, 0.25) is 0 Å². The van der Waals surface area contributed by atoms with Crippen LogP contribution in [-0.4, -0.2) is 63.7 Å².